The summed E-state index contributed by atoms with van der Waals surface area (Å²) in [7, 11) is 0. The highest BCUT2D eigenvalue weighted by Crippen LogP contribution is 2.30. The first-order valence-corrected chi connectivity index (χ1v) is 11.2. The van der Waals surface area contributed by atoms with E-state index in [2.05, 4.69) is 52.5 Å². The van der Waals surface area contributed by atoms with Crippen molar-refractivity contribution < 1.29 is 9.53 Å². The van der Waals surface area contributed by atoms with Gasteiger partial charge in [-0.1, -0.05) is 54.1 Å². The quantitative estimate of drug-likeness (QED) is 0.414. The van der Waals surface area contributed by atoms with E-state index in [0.29, 0.717) is 11.3 Å². The predicted molar refractivity (Wildman–Crippen MR) is 128 cm³/mol. The summed E-state index contributed by atoms with van der Waals surface area (Å²) in [4.78, 5) is 21.4. The van der Waals surface area contributed by atoms with Crippen LogP contribution in [0.15, 0.2) is 85.2 Å². The summed E-state index contributed by atoms with van der Waals surface area (Å²) in [6.45, 7) is 2.06. The van der Waals surface area contributed by atoms with Gasteiger partial charge < -0.3 is 10.1 Å². The van der Waals surface area contributed by atoms with Gasteiger partial charge in [0.15, 0.2) is 0 Å². The van der Waals surface area contributed by atoms with E-state index < -0.39 is 0 Å². The molecule has 3 aromatic carbocycles. The van der Waals surface area contributed by atoms with E-state index in [0.717, 1.165) is 30.4 Å². The Bertz CT molecular complexity index is 1250. The van der Waals surface area contributed by atoms with Crippen molar-refractivity contribution in [3.63, 3.8) is 0 Å². The molecule has 0 saturated heterocycles. The first-order chi connectivity index (χ1) is 16.2. The fourth-order valence-corrected chi connectivity index (χ4v) is 4.19. The van der Waals surface area contributed by atoms with Crippen molar-refractivity contribution in [2.45, 2.75) is 32.2 Å². The Morgan fingerprint density at radius 1 is 0.909 bits per heavy atom. The van der Waals surface area contributed by atoms with E-state index in [9.17, 15) is 4.79 Å². The van der Waals surface area contributed by atoms with Crippen molar-refractivity contribution in [2.75, 3.05) is 0 Å². The zero-order valence-corrected chi connectivity index (χ0v) is 18.5. The maximum atomic E-state index is 12.8. The van der Waals surface area contributed by atoms with Crippen LogP contribution in [0.4, 0.5) is 0 Å². The fraction of sp³-hybridized carbons (Fsp3) is 0.179. The molecule has 5 heteroatoms. The van der Waals surface area contributed by atoms with Crippen molar-refractivity contribution in [2.24, 2.45) is 0 Å². The van der Waals surface area contributed by atoms with Gasteiger partial charge in [-0.15, -0.1) is 0 Å². The summed E-state index contributed by atoms with van der Waals surface area (Å²) in [6.07, 6.45) is 6.60. The minimum absolute atomic E-state index is 0.0545. The molecule has 4 aromatic rings. The number of nitrogens with one attached hydrogen (secondary N) is 1. The Balaban J connectivity index is 1.23. The molecule has 0 radical (unpaired) electrons. The van der Waals surface area contributed by atoms with Crippen molar-refractivity contribution in [1.82, 2.24) is 15.3 Å². The molecule has 0 saturated carbocycles. The molecule has 1 amide bonds. The van der Waals surface area contributed by atoms with Crippen LogP contribution >= 0.6 is 0 Å². The molecule has 1 heterocycles. The number of hydrogen-bond acceptors (Lipinski definition) is 4. The highest BCUT2D eigenvalue weighted by atomic mass is 16.5. The number of carbonyl (C=O) groups is 1. The molecule has 0 spiro atoms. The highest BCUT2D eigenvalue weighted by Gasteiger charge is 2.21. The summed E-state index contributed by atoms with van der Waals surface area (Å²) in [5.74, 6) is 0.500. The highest BCUT2D eigenvalue weighted by molar-refractivity contribution is 5.94. The molecule has 0 fully saturated rings. The molecule has 164 valence electrons. The van der Waals surface area contributed by atoms with Crippen LogP contribution in [0.5, 0.6) is 11.8 Å². The topological polar surface area (TPSA) is 64.1 Å². The van der Waals surface area contributed by atoms with Gasteiger partial charge in [-0.05, 0) is 67.1 Å². The summed E-state index contributed by atoms with van der Waals surface area (Å²) in [5, 5.41) is 3.18. The van der Waals surface area contributed by atoms with Gasteiger partial charge in [-0.2, -0.15) is 0 Å². The Labute approximate surface area is 193 Å². The number of benzene rings is 3. The van der Waals surface area contributed by atoms with Gasteiger partial charge in [0, 0.05) is 23.5 Å². The minimum Gasteiger partial charge on any atom is -0.424 e. The van der Waals surface area contributed by atoms with Crippen LogP contribution in [0.3, 0.4) is 0 Å². The van der Waals surface area contributed by atoms with E-state index >= 15 is 0 Å². The van der Waals surface area contributed by atoms with Gasteiger partial charge in [0.2, 0.25) is 0 Å². The fourth-order valence-electron chi connectivity index (χ4n) is 4.19. The minimum atomic E-state index is -0.0815. The average Bonchev–Trinajstić information content (AvgIpc) is 2.86. The number of hydrogen-bond donors (Lipinski definition) is 1. The molecule has 0 aliphatic heterocycles. The lowest BCUT2D eigenvalue weighted by Crippen LogP contribution is -2.30. The molecule has 1 atom stereocenters. The lowest BCUT2D eigenvalue weighted by atomic mass is 9.87. The zero-order valence-electron chi connectivity index (χ0n) is 18.5. The van der Waals surface area contributed by atoms with Crippen LogP contribution in [-0.4, -0.2) is 15.9 Å². The number of fused-ring (bicyclic) bond motifs is 1. The normalized spacial score (nSPS) is 14.9. The number of aryl methyl sites for hydroxylation is 2. The second kappa shape index (κ2) is 9.25. The van der Waals surface area contributed by atoms with Crippen LogP contribution < -0.4 is 10.1 Å². The summed E-state index contributed by atoms with van der Waals surface area (Å²) in [6, 6.07) is 23.9. The molecule has 5 rings (SSSR count). The van der Waals surface area contributed by atoms with Gasteiger partial charge in [0.1, 0.15) is 5.75 Å². The third kappa shape index (κ3) is 4.77. The Hall–Kier alpha value is -3.99. The molecule has 33 heavy (non-hydrogen) atoms. The third-order valence-corrected chi connectivity index (χ3v) is 6.01. The van der Waals surface area contributed by atoms with Crippen molar-refractivity contribution in [3.05, 3.63) is 107 Å². The molecule has 1 aliphatic rings. The zero-order chi connectivity index (χ0) is 22.6. The first kappa shape index (κ1) is 20.9. The van der Waals surface area contributed by atoms with Gasteiger partial charge in [-0.3, -0.25) is 4.79 Å². The summed E-state index contributed by atoms with van der Waals surface area (Å²) < 4.78 is 5.77. The Morgan fingerprint density at radius 2 is 1.64 bits per heavy atom. The SMILES string of the molecule is Cc1ccc(-c2cnc(Oc3ccc(C(=O)N[C@@H]4CCCc5ccccc54)cc3)nc2)cc1. The number of ether oxygens (including phenoxy) is 1. The average molecular weight is 436 g/mol. The van der Waals surface area contributed by atoms with E-state index in [1.54, 1.807) is 36.7 Å². The maximum absolute atomic E-state index is 12.8. The number of nitrogens with zero attached hydrogens (tertiary/aromatic N) is 2. The summed E-state index contributed by atoms with van der Waals surface area (Å²) >= 11 is 0. The molecular formula is C28H25N3O2. The van der Waals surface area contributed by atoms with E-state index in [4.69, 9.17) is 4.74 Å². The molecule has 0 unspecified atom stereocenters. The van der Waals surface area contributed by atoms with Crippen molar-refractivity contribution in [3.8, 4) is 22.9 Å². The maximum Gasteiger partial charge on any atom is 0.321 e. The van der Waals surface area contributed by atoms with E-state index in [1.807, 2.05) is 18.2 Å². The molecule has 1 aliphatic carbocycles. The van der Waals surface area contributed by atoms with Crippen LogP contribution in [0.1, 0.15) is 45.9 Å². The van der Waals surface area contributed by atoms with Gasteiger partial charge in [0.05, 0.1) is 6.04 Å². The monoisotopic (exact) mass is 435 g/mol. The van der Waals surface area contributed by atoms with Crippen LogP contribution in [0.2, 0.25) is 0 Å². The summed E-state index contributed by atoms with van der Waals surface area (Å²) in [5.41, 5.74) is 6.34. The molecular weight excluding hydrogens is 410 g/mol. The number of aromatic nitrogens is 2. The second-order valence-corrected chi connectivity index (χ2v) is 8.36. The van der Waals surface area contributed by atoms with Gasteiger partial charge in [0.25, 0.3) is 5.91 Å². The van der Waals surface area contributed by atoms with Gasteiger partial charge in [-0.25, -0.2) is 9.97 Å². The molecule has 5 nitrogen and oxygen atoms in total. The largest absolute Gasteiger partial charge is 0.424 e. The first-order valence-electron chi connectivity index (χ1n) is 11.2. The lowest BCUT2D eigenvalue weighted by molar-refractivity contribution is 0.0932. The third-order valence-electron chi connectivity index (χ3n) is 6.01. The van der Waals surface area contributed by atoms with Crippen molar-refractivity contribution >= 4 is 5.91 Å². The van der Waals surface area contributed by atoms with E-state index in [1.165, 1.54) is 16.7 Å². The molecule has 0 bridgehead atoms. The smallest absolute Gasteiger partial charge is 0.321 e. The number of carbonyl (C=O) groups excluding carboxylic acids is 1. The van der Waals surface area contributed by atoms with Crippen molar-refractivity contribution in [1.29, 1.82) is 0 Å². The molecule has 1 aromatic heterocycles. The van der Waals surface area contributed by atoms with Crippen LogP contribution in [0.25, 0.3) is 11.1 Å². The Kier molecular flexibility index (Phi) is 5.85. The standard InChI is InChI=1S/C28H25N3O2/c1-19-9-11-20(12-10-19)23-17-29-28(30-18-23)33-24-15-13-22(14-16-24)27(32)31-26-8-4-6-21-5-2-3-7-25(21)26/h2-3,5,7,9-18,26H,4,6,8H2,1H3,(H,31,32)/t26-/m1/s1. The Morgan fingerprint density at radius 3 is 2.39 bits per heavy atom. The molecule has 1 N–H and O–H groups in total. The van der Waals surface area contributed by atoms with Crippen LogP contribution in [0, 0.1) is 6.92 Å². The van der Waals surface area contributed by atoms with E-state index in [-0.39, 0.29) is 18.0 Å². The predicted octanol–water partition coefficient (Wildman–Crippen LogP) is 6.05. The lowest BCUT2D eigenvalue weighted by Gasteiger charge is -2.26. The number of amides is 1. The van der Waals surface area contributed by atoms with Crippen LogP contribution in [-0.2, 0) is 6.42 Å². The van der Waals surface area contributed by atoms with Gasteiger partial charge >= 0.3 is 6.01 Å². The number of rotatable bonds is 5. The second-order valence-electron chi connectivity index (χ2n) is 8.36.